The zero-order chi connectivity index (χ0) is 28.1. The maximum Gasteiger partial charge on any atom is 0.263 e. The Labute approximate surface area is 234 Å². The van der Waals surface area contributed by atoms with Crippen LogP contribution in [0.5, 0.6) is 11.5 Å². The third-order valence-electron chi connectivity index (χ3n) is 5.67. The van der Waals surface area contributed by atoms with Gasteiger partial charge in [0, 0.05) is 35.0 Å². The monoisotopic (exact) mass is 576 g/mol. The van der Waals surface area contributed by atoms with Crippen molar-refractivity contribution in [2.45, 2.75) is 11.3 Å². The Morgan fingerprint density at radius 1 is 0.875 bits per heavy atom. The summed E-state index contributed by atoms with van der Waals surface area (Å²) in [5, 5.41) is 7.62. The van der Waals surface area contributed by atoms with Gasteiger partial charge in [0.05, 0.1) is 47.8 Å². The van der Waals surface area contributed by atoms with Gasteiger partial charge < -0.3 is 20.1 Å². The Morgan fingerprint density at radius 2 is 1.57 bits per heavy atom. The van der Waals surface area contributed by atoms with E-state index in [0.29, 0.717) is 39.6 Å². The number of sulfonamides is 1. The van der Waals surface area contributed by atoms with Crippen LogP contribution in [0.1, 0.15) is 5.69 Å². The van der Waals surface area contributed by atoms with E-state index in [1.165, 1.54) is 37.7 Å². The molecule has 3 N–H and O–H groups in total. The highest BCUT2D eigenvalue weighted by Crippen LogP contribution is 2.31. The lowest BCUT2D eigenvalue weighted by molar-refractivity contribution is -0.115. The fourth-order valence-corrected chi connectivity index (χ4v) is 5.41. The number of methoxy groups -OCH3 is 2. The smallest absolute Gasteiger partial charge is 0.263 e. The van der Waals surface area contributed by atoms with Crippen molar-refractivity contribution in [2.24, 2.45) is 0 Å². The summed E-state index contributed by atoms with van der Waals surface area (Å²) in [6.07, 6.45) is 0.0789. The highest BCUT2D eigenvalue weighted by atomic mass is 32.2. The number of para-hydroxylation sites is 2. The van der Waals surface area contributed by atoms with Crippen molar-refractivity contribution in [2.75, 3.05) is 29.6 Å². The largest absolute Gasteiger partial charge is 0.497 e. The number of carbonyl (C=O) groups is 1. The molecular weight excluding hydrogens is 552 g/mol. The van der Waals surface area contributed by atoms with Gasteiger partial charge in [-0.25, -0.2) is 23.4 Å². The Balaban J connectivity index is 1.45. The van der Waals surface area contributed by atoms with Crippen LogP contribution >= 0.6 is 11.3 Å². The number of benzene rings is 3. The summed E-state index contributed by atoms with van der Waals surface area (Å²) < 4.78 is 40.2. The molecule has 0 aliphatic rings. The summed E-state index contributed by atoms with van der Waals surface area (Å²) in [7, 11) is -1.07. The van der Waals surface area contributed by atoms with Gasteiger partial charge in [-0.1, -0.05) is 18.2 Å². The number of aromatic nitrogens is 3. The minimum absolute atomic E-state index is 0.0153. The second-order valence-corrected chi connectivity index (χ2v) is 10.9. The summed E-state index contributed by atoms with van der Waals surface area (Å²) in [5.74, 6) is 0.913. The zero-order valence-corrected chi connectivity index (χ0v) is 23.0. The first-order valence-electron chi connectivity index (χ1n) is 11.9. The van der Waals surface area contributed by atoms with Crippen molar-refractivity contribution in [1.29, 1.82) is 0 Å². The Morgan fingerprint density at radius 3 is 2.23 bits per heavy atom. The topological polar surface area (TPSA) is 144 Å². The molecule has 204 valence electrons. The maximum atomic E-state index is 13.5. The molecule has 0 saturated carbocycles. The predicted molar refractivity (Wildman–Crippen MR) is 154 cm³/mol. The summed E-state index contributed by atoms with van der Waals surface area (Å²) in [5.41, 5.74) is 4.21. The zero-order valence-electron chi connectivity index (χ0n) is 21.4. The van der Waals surface area contributed by atoms with E-state index in [2.05, 4.69) is 30.3 Å². The summed E-state index contributed by atoms with van der Waals surface area (Å²) >= 11 is 1.39. The molecule has 0 aliphatic heterocycles. The molecule has 0 bridgehead atoms. The number of rotatable bonds is 10. The van der Waals surface area contributed by atoms with Crippen molar-refractivity contribution in [3.8, 4) is 11.5 Å². The van der Waals surface area contributed by atoms with Crippen molar-refractivity contribution in [3.63, 3.8) is 0 Å². The SMILES string of the molecule is COc1cc(Nc2nc3ccccc3nc2NS(=O)(=O)c2cccc(NC(=O)Cc3cscn3)c2)cc(OC)c1. The fraction of sp³-hybridized carbons (Fsp3) is 0.111. The van der Waals surface area contributed by atoms with Gasteiger partial charge >= 0.3 is 0 Å². The van der Waals surface area contributed by atoms with Gasteiger partial charge in [-0.15, -0.1) is 11.3 Å². The van der Waals surface area contributed by atoms with Crippen LogP contribution in [0.4, 0.5) is 23.0 Å². The lowest BCUT2D eigenvalue weighted by atomic mass is 10.2. The third kappa shape index (κ3) is 6.27. The fourth-order valence-electron chi connectivity index (χ4n) is 3.80. The molecule has 0 aliphatic carbocycles. The molecule has 5 aromatic rings. The molecule has 1 amide bonds. The van der Waals surface area contributed by atoms with Gasteiger partial charge in [-0.2, -0.15) is 0 Å². The Kier molecular flexibility index (Phi) is 7.75. The minimum atomic E-state index is -4.13. The van der Waals surface area contributed by atoms with E-state index in [4.69, 9.17) is 9.47 Å². The molecule has 0 spiro atoms. The minimum Gasteiger partial charge on any atom is -0.497 e. The lowest BCUT2D eigenvalue weighted by Gasteiger charge is -2.15. The molecule has 2 aromatic heterocycles. The average molecular weight is 577 g/mol. The number of hydrogen-bond donors (Lipinski definition) is 3. The van der Waals surface area contributed by atoms with Crippen LogP contribution in [0.15, 0.2) is 82.5 Å². The first kappa shape index (κ1) is 26.8. The molecule has 0 saturated heterocycles. The number of carbonyl (C=O) groups excluding carboxylic acids is 1. The Bertz CT molecular complexity index is 1760. The molecule has 0 radical (unpaired) electrons. The van der Waals surface area contributed by atoms with E-state index in [-0.39, 0.29) is 28.9 Å². The number of fused-ring (bicyclic) bond motifs is 1. The van der Waals surface area contributed by atoms with E-state index < -0.39 is 10.0 Å². The van der Waals surface area contributed by atoms with Gasteiger partial charge in [-0.3, -0.25) is 9.52 Å². The van der Waals surface area contributed by atoms with Crippen LogP contribution in [0.25, 0.3) is 11.0 Å². The van der Waals surface area contributed by atoms with E-state index in [1.807, 2.05) is 6.07 Å². The highest BCUT2D eigenvalue weighted by Gasteiger charge is 2.20. The van der Waals surface area contributed by atoms with Gasteiger partial charge in [-0.05, 0) is 30.3 Å². The van der Waals surface area contributed by atoms with E-state index >= 15 is 0 Å². The maximum absolute atomic E-state index is 13.5. The molecular formula is C27H24N6O5S2. The molecule has 0 fully saturated rings. The predicted octanol–water partition coefficient (Wildman–Crippen LogP) is 4.83. The Hall–Kier alpha value is -4.75. The van der Waals surface area contributed by atoms with Crippen LogP contribution in [0.2, 0.25) is 0 Å². The number of anilines is 4. The van der Waals surface area contributed by atoms with E-state index in [9.17, 15) is 13.2 Å². The lowest BCUT2D eigenvalue weighted by Crippen LogP contribution is -2.17. The number of amides is 1. The van der Waals surface area contributed by atoms with Crippen molar-refractivity contribution >= 4 is 61.3 Å². The summed E-state index contributed by atoms with van der Waals surface area (Å²) in [6, 6.07) is 18.2. The first-order chi connectivity index (χ1) is 19.3. The number of thiazole rings is 1. The molecule has 11 nitrogen and oxygen atoms in total. The van der Waals surface area contributed by atoms with Crippen molar-refractivity contribution in [1.82, 2.24) is 15.0 Å². The molecule has 13 heteroatoms. The van der Waals surface area contributed by atoms with Crippen LogP contribution in [0, 0.1) is 0 Å². The third-order valence-corrected chi connectivity index (χ3v) is 7.64. The van der Waals surface area contributed by atoms with Crippen LogP contribution in [0.3, 0.4) is 0 Å². The molecule has 0 atom stereocenters. The molecule has 5 rings (SSSR count). The molecule has 40 heavy (non-hydrogen) atoms. The number of ether oxygens (including phenoxy) is 2. The second kappa shape index (κ2) is 11.6. The van der Waals surface area contributed by atoms with Gasteiger partial charge in [0.2, 0.25) is 5.91 Å². The van der Waals surface area contributed by atoms with Gasteiger partial charge in [0.15, 0.2) is 11.6 Å². The summed E-state index contributed by atoms with van der Waals surface area (Å²) in [6.45, 7) is 0. The molecule has 2 heterocycles. The normalized spacial score (nSPS) is 11.2. The quantitative estimate of drug-likeness (QED) is 0.213. The highest BCUT2D eigenvalue weighted by molar-refractivity contribution is 7.92. The van der Waals surface area contributed by atoms with Crippen LogP contribution in [-0.2, 0) is 21.2 Å². The summed E-state index contributed by atoms with van der Waals surface area (Å²) in [4.78, 5) is 25.6. The first-order valence-corrected chi connectivity index (χ1v) is 14.3. The average Bonchev–Trinajstić information content (AvgIpc) is 3.46. The van der Waals surface area contributed by atoms with Gasteiger partial charge in [0.1, 0.15) is 11.5 Å². The standard InChI is InChI=1S/C27H24N6O5S2/c1-37-20-10-18(11-21(14-20)38-2)30-26-27(32-24-9-4-3-8-23(24)31-26)33-40(35,36)22-7-5-6-17(12-22)29-25(34)13-19-15-39-16-28-19/h3-12,14-16H,13H2,1-2H3,(H,29,34)(H,30,31)(H,32,33). The van der Waals surface area contributed by atoms with Crippen LogP contribution in [-0.4, -0.2) is 43.5 Å². The van der Waals surface area contributed by atoms with E-state index in [1.54, 1.807) is 59.4 Å². The second-order valence-electron chi connectivity index (χ2n) is 8.47. The molecule has 3 aromatic carbocycles. The molecule has 0 unspecified atom stereocenters. The van der Waals surface area contributed by atoms with Crippen molar-refractivity contribution < 1.29 is 22.7 Å². The number of nitrogens with zero attached hydrogens (tertiary/aromatic N) is 3. The van der Waals surface area contributed by atoms with Crippen LogP contribution < -0.4 is 24.8 Å². The van der Waals surface area contributed by atoms with E-state index in [0.717, 1.165) is 0 Å². The van der Waals surface area contributed by atoms with Gasteiger partial charge in [0.25, 0.3) is 10.0 Å². The van der Waals surface area contributed by atoms with Crippen molar-refractivity contribution in [3.05, 3.63) is 83.3 Å². The number of hydrogen-bond acceptors (Lipinski definition) is 10. The number of nitrogens with one attached hydrogen (secondary N) is 3.